The van der Waals surface area contributed by atoms with Gasteiger partial charge in [-0.15, -0.1) is 23.5 Å². The molecule has 2 heterocycles. The normalized spacial score (nSPS) is 17.6. The van der Waals surface area contributed by atoms with E-state index in [0.29, 0.717) is 10.5 Å². The zero-order chi connectivity index (χ0) is 26.5. The van der Waals surface area contributed by atoms with Crippen molar-refractivity contribution in [3.63, 3.8) is 0 Å². The van der Waals surface area contributed by atoms with Gasteiger partial charge in [0.1, 0.15) is 0 Å². The SMILES string of the molecule is C(=Cc1ccc2ccccc2c1)c1ccc2c(c1)SC1c3ccc(C=Cc4ccc5ccccc5c4)cc3SC21. The maximum Gasteiger partial charge on any atom is 0.0519 e. The summed E-state index contributed by atoms with van der Waals surface area (Å²) in [5.74, 6) is 0. The predicted octanol–water partition coefficient (Wildman–Crippen LogP) is 11.3. The van der Waals surface area contributed by atoms with E-state index in [0.717, 1.165) is 0 Å². The summed E-state index contributed by atoms with van der Waals surface area (Å²) in [6.45, 7) is 0. The Balaban J connectivity index is 0.997. The van der Waals surface area contributed by atoms with E-state index < -0.39 is 0 Å². The Labute approximate surface area is 243 Å². The Kier molecular flexibility index (Phi) is 5.90. The van der Waals surface area contributed by atoms with E-state index in [1.54, 1.807) is 0 Å². The van der Waals surface area contributed by atoms with Crippen molar-refractivity contribution in [3.8, 4) is 0 Å². The molecule has 2 aliphatic heterocycles. The van der Waals surface area contributed by atoms with Crippen molar-refractivity contribution < 1.29 is 0 Å². The maximum absolute atomic E-state index is 2.37. The van der Waals surface area contributed by atoms with E-state index in [2.05, 4.69) is 146 Å². The van der Waals surface area contributed by atoms with E-state index in [1.807, 2.05) is 23.5 Å². The summed E-state index contributed by atoms with van der Waals surface area (Å²) < 4.78 is 0. The summed E-state index contributed by atoms with van der Waals surface area (Å²) in [4.78, 5) is 2.85. The molecule has 40 heavy (non-hydrogen) atoms. The first-order chi connectivity index (χ1) is 19.8. The van der Waals surface area contributed by atoms with Gasteiger partial charge in [0, 0.05) is 9.79 Å². The summed E-state index contributed by atoms with van der Waals surface area (Å²) in [6.07, 6.45) is 8.94. The number of hydrogen-bond donors (Lipinski definition) is 0. The molecule has 0 N–H and O–H groups in total. The molecule has 6 aromatic carbocycles. The summed E-state index contributed by atoms with van der Waals surface area (Å²) in [7, 11) is 0. The van der Waals surface area contributed by atoms with Crippen LogP contribution in [-0.4, -0.2) is 0 Å². The molecule has 0 bridgehead atoms. The lowest BCUT2D eigenvalue weighted by atomic mass is 10.0. The van der Waals surface area contributed by atoms with Gasteiger partial charge >= 0.3 is 0 Å². The van der Waals surface area contributed by atoms with Crippen LogP contribution >= 0.6 is 23.5 Å². The summed E-state index contributed by atoms with van der Waals surface area (Å²) >= 11 is 4.06. The lowest BCUT2D eigenvalue weighted by molar-refractivity contribution is 0.938. The Morgan fingerprint density at radius 1 is 0.375 bits per heavy atom. The average Bonchev–Trinajstić information content (AvgIpc) is 3.54. The highest BCUT2D eigenvalue weighted by atomic mass is 32.2. The van der Waals surface area contributed by atoms with Gasteiger partial charge in [0.15, 0.2) is 0 Å². The topological polar surface area (TPSA) is 0 Å². The Morgan fingerprint density at radius 2 is 0.750 bits per heavy atom. The largest absolute Gasteiger partial charge is 0.116 e. The molecule has 0 spiro atoms. The molecule has 0 aromatic heterocycles. The van der Waals surface area contributed by atoms with E-state index in [-0.39, 0.29) is 0 Å². The van der Waals surface area contributed by atoms with Crippen molar-refractivity contribution in [3.05, 3.63) is 155 Å². The van der Waals surface area contributed by atoms with Gasteiger partial charge in [-0.1, -0.05) is 121 Å². The van der Waals surface area contributed by atoms with Crippen LogP contribution in [0.1, 0.15) is 43.9 Å². The van der Waals surface area contributed by atoms with Crippen LogP contribution in [0.5, 0.6) is 0 Å². The number of fused-ring (bicyclic) bond motifs is 7. The molecule has 0 nitrogen and oxygen atoms in total. The number of benzene rings is 6. The summed E-state index contributed by atoms with van der Waals surface area (Å²) in [6, 6.07) is 44.4. The summed E-state index contributed by atoms with van der Waals surface area (Å²) in [5.41, 5.74) is 7.95. The fourth-order valence-corrected chi connectivity index (χ4v) is 9.15. The zero-order valence-corrected chi connectivity index (χ0v) is 23.5. The molecule has 2 aliphatic rings. The van der Waals surface area contributed by atoms with Crippen LogP contribution in [0.15, 0.2) is 131 Å². The third-order valence-electron chi connectivity index (χ3n) is 7.95. The molecule has 2 unspecified atom stereocenters. The van der Waals surface area contributed by atoms with Crippen LogP contribution < -0.4 is 0 Å². The van der Waals surface area contributed by atoms with Crippen molar-refractivity contribution in [2.45, 2.75) is 20.3 Å². The molecule has 0 saturated carbocycles. The van der Waals surface area contributed by atoms with Crippen LogP contribution in [0, 0.1) is 0 Å². The molecule has 0 fully saturated rings. The molecule has 2 atom stereocenters. The smallest absolute Gasteiger partial charge is 0.0519 e. The minimum Gasteiger partial charge on any atom is -0.116 e. The van der Waals surface area contributed by atoms with Crippen LogP contribution in [-0.2, 0) is 0 Å². The second kappa shape index (κ2) is 9.89. The molecule has 0 saturated heterocycles. The fraction of sp³-hybridized carbons (Fsp3) is 0.0526. The minimum absolute atomic E-state index is 0.494. The van der Waals surface area contributed by atoms with E-state index in [9.17, 15) is 0 Å². The van der Waals surface area contributed by atoms with Crippen LogP contribution in [0.2, 0.25) is 0 Å². The van der Waals surface area contributed by atoms with Crippen molar-refractivity contribution >= 4 is 69.4 Å². The van der Waals surface area contributed by atoms with Crippen molar-refractivity contribution in [1.82, 2.24) is 0 Å². The lowest BCUT2D eigenvalue weighted by Crippen LogP contribution is -1.91. The Hall–Kier alpha value is -3.98. The second-order valence-corrected chi connectivity index (χ2v) is 12.9. The first-order valence-corrected chi connectivity index (χ1v) is 15.5. The predicted molar refractivity (Wildman–Crippen MR) is 176 cm³/mol. The van der Waals surface area contributed by atoms with Crippen molar-refractivity contribution in [1.29, 1.82) is 0 Å². The first-order valence-electron chi connectivity index (χ1n) is 13.7. The minimum atomic E-state index is 0.494. The third kappa shape index (κ3) is 4.38. The van der Waals surface area contributed by atoms with Crippen molar-refractivity contribution in [2.75, 3.05) is 0 Å². The molecule has 0 aliphatic carbocycles. The molecule has 6 aromatic rings. The average molecular weight is 547 g/mol. The zero-order valence-electron chi connectivity index (χ0n) is 21.8. The van der Waals surface area contributed by atoms with E-state index in [1.165, 1.54) is 64.7 Å². The van der Waals surface area contributed by atoms with Gasteiger partial charge in [-0.05, 0) is 79.2 Å². The van der Waals surface area contributed by atoms with E-state index in [4.69, 9.17) is 0 Å². The number of thioether (sulfide) groups is 2. The van der Waals surface area contributed by atoms with Gasteiger partial charge in [0.25, 0.3) is 0 Å². The first kappa shape index (κ1) is 23.9. The quantitative estimate of drug-likeness (QED) is 0.202. The van der Waals surface area contributed by atoms with Gasteiger partial charge in [0.2, 0.25) is 0 Å². The molecule has 8 rings (SSSR count). The maximum atomic E-state index is 2.37. The second-order valence-electron chi connectivity index (χ2n) is 10.6. The number of hydrogen-bond acceptors (Lipinski definition) is 2. The fourth-order valence-electron chi connectivity index (χ4n) is 5.84. The molecule has 0 radical (unpaired) electrons. The summed E-state index contributed by atoms with van der Waals surface area (Å²) in [5, 5.41) is 6.12. The van der Waals surface area contributed by atoms with Crippen LogP contribution in [0.4, 0.5) is 0 Å². The highest BCUT2D eigenvalue weighted by Gasteiger charge is 2.41. The van der Waals surface area contributed by atoms with Gasteiger partial charge in [0.05, 0.1) is 10.5 Å². The van der Waals surface area contributed by atoms with Gasteiger partial charge < -0.3 is 0 Å². The third-order valence-corrected chi connectivity index (χ3v) is 10.9. The Morgan fingerprint density at radius 3 is 1.20 bits per heavy atom. The molecule has 0 amide bonds. The van der Waals surface area contributed by atoms with Crippen LogP contribution in [0.3, 0.4) is 0 Å². The van der Waals surface area contributed by atoms with Crippen LogP contribution in [0.25, 0.3) is 45.8 Å². The lowest BCUT2D eigenvalue weighted by Gasteiger charge is -2.07. The highest BCUT2D eigenvalue weighted by Crippen LogP contribution is 2.66. The van der Waals surface area contributed by atoms with E-state index >= 15 is 0 Å². The number of rotatable bonds is 4. The monoisotopic (exact) mass is 546 g/mol. The van der Waals surface area contributed by atoms with Gasteiger partial charge in [-0.25, -0.2) is 0 Å². The molecule has 190 valence electrons. The van der Waals surface area contributed by atoms with Gasteiger partial charge in [-0.3, -0.25) is 0 Å². The molecular weight excluding hydrogens is 521 g/mol. The molecule has 2 heteroatoms. The Bertz CT molecular complexity index is 1840. The molecular formula is C38H26S2. The van der Waals surface area contributed by atoms with Crippen molar-refractivity contribution in [2.24, 2.45) is 0 Å². The standard InChI is InChI=1S/C38H26S2/c1-3-7-31-21-25(13-17-29(31)5-1)9-11-27-15-19-33-35(23-27)39-38-34-20-16-28(24-36(34)40-37(33)38)12-10-26-14-18-30-6-2-4-8-32(30)22-26/h1-24,37-38H. The highest BCUT2D eigenvalue weighted by molar-refractivity contribution is 8.05. The van der Waals surface area contributed by atoms with Gasteiger partial charge in [-0.2, -0.15) is 0 Å².